The van der Waals surface area contributed by atoms with Gasteiger partial charge in [0.25, 0.3) is 0 Å². The molecule has 0 saturated carbocycles. The topological polar surface area (TPSA) is 106 Å². The highest BCUT2D eigenvalue weighted by molar-refractivity contribution is 7.16. The van der Waals surface area contributed by atoms with Gasteiger partial charge in [-0.25, -0.2) is 9.59 Å². The van der Waals surface area contributed by atoms with E-state index in [1.165, 1.54) is 0 Å². The second-order valence-electron chi connectivity index (χ2n) is 9.63. The Morgan fingerprint density at radius 3 is 2.33 bits per heavy atom. The van der Waals surface area contributed by atoms with E-state index < -0.39 is 24.0 Å². The summed E-state index contributed by atoms with van der Waals surface area (Å²) in [6, 6.07) is 26.5. The molecular weight excluding hydrogens is 514 g/mol. The maximum Gasteiger partial charge on any atom is 0.345 e. The fourth-order valence-electron chi connectivity index (χ4n) is 5.58. The zero-order valence-electron chi connectivity index (χ0n) is 20.9. The summed E-state index contributed by atoms with van der Waals surface area (Å²) in [5.41, 5.74) is 4.12. The Morgan fingerprint density at radius 2 is 1.64 bits per heavy atom. The first-order valence-corrected chi connectivity index (χ1v) is 13.1. The number of ether oxygens (including phenoxy) is 1. The van der Waals surface area contributed by atoms with Gasteiger partial charge in [0.15, 0.2) is 6.61 Å². The number of aromatic carboxylic acids is 1. The zero-order valence-corrected chi connectivity index (χ0v) is 21.7. The van der Waals surface area contributed by atoms with Crippen LogP contribution in [0.15, 0.2) is 84.9 Å². The van der Waals surface area contributed by atoms with Gasteiger partial charge in [0.05, 0.1) is 10.6 Å². The molecule has 1 unspecified atom stereocenters. The minimum Gasteiger partial charge on any atom is -0.482 e. The Kier molecular flexibility index (Phi) is 5.84. The van der Waals surface area contributed by atoms with Crippen molar-refractivity contribution >= 4 is 40.0 Å². The molecule has 1 atom stereocenters. The summed E-state index contributed by atoms with van der Waals surface area (Å²) < 4.78 is 7.27. The van der Waals surface area contributed by atoms with E-state index in [-0.39, 0.29) is 10.7 Å². The number of carboxylic acids is 2. The maximum atomic E-state index is 14.2. The van der Waals surface area contributed by atoms with Crippen molar-refractivity contribution in [3.05, 3.63) is 123 Å². The van der Waals surface area contributed by atoms with E-state index in [2.05, 4.69) is 6.92 Å². The molecule has 0 aliphatic heterocycles. The fraction of sp³-hybridized carbons (Fsp3) is 0.129. The molecule has 2 N–H and O–H groups in total. The van der Waals surface area contributed by atoms with Crippen molar-refractivity contribution < 1.29 is 29.3 Å². The molecule has 0 amide bonds. The quantitative estimate of drug-likeness (QED) is 0.271. The van der Waals surface area contributed by atoms with E-state index in [0.29, 0.717) is 28.4 Å². The second-order valence-corrected chi connectivity index (χ2v) is 10.7. The molecule has 1 aliphatic rings. The third kappa shape index (κ3) is 3.92. The summed E-state index contributed by atoms with van der Waals surface area (Å²) in [6.07, 6.45) is 0. The van der Waals surface area contributed by atoms with Crippen molar-refractivity contribution in [2.75, 3.05) is 6.61 Å². The highest BCUT2D eigenvalue weighted by atomic mass is 32.1. The number of carboxylic acid groups (broad SMARTS) is 2. The molecule has 5 aromatic rings. The van der Waals surface area contributed by atoms with Crippen LogP contribution in [0, 0.1) is 0 Å². The van der Waals surface area contributed by atoms with Crippen LogP contribution in [0.1, 0.15) is 54.2 Å². The van der Waals surface area contributed by atoms with Crippen molar-refractivity contribution in [3.8, 4) is 5.75 Å². The lowest BCUT2D eigenvalue weighted by Crippen LogP contribution is -2.33. The molecule has 2 aromatic heterocycles. The summed E-state index contributed by atoms with van der Waals surface area (Å²) in [4.78, 5) is 37.5. The van der Waals surface area contributed by atoms with Crippen LogP contribution >= 0.6 is 11.3 Å². The van der Waals surface area contributed by atoms with E-state index in [1.54, 1.807) is 18.2 Å². The van der Waals surface area contributed by atoms with Crippen LogP contribution in [0.5, 0.6) is 5.75 Å². The standard InChI is InChI=1S/C31H23NO6S/c1-31(19-7-3-2-4-8-19)22-15-24(30(36)37)39-29(22)28(35)27-26(31)21-9-5-6-10-23(21)32(27)16-18-11-13-20(14-12-18)38-17-25(33)34/h2-15H,16-17H2,1H3,(H,33,34)(H,36,37). The largest absolute Gasteiger partial charge is 0.482 e. The molecule has 0 bridgehead atoms. The van der Waals surface area contributed by atoms with E-state index >= 15 is 0 Å². The van der Waals surface area contributed by atoms with Crippen LogP contribution in [-0.4, -0.2) is 39.1 Å². The maximum absolute atomic E-state index is 14.2. The Hall–Kier alpha value is -4.69. The predicted octanol–water partition coefficient (Wildman–Crippen LogP) is 5.81. The summed E-state index contributed by atoms with van der Waals surface area (Å²) in [5.74, 6) is -1.86. The molecule has 0 spiro atoms. The number of para-hydroxylation sites is 1. The predicted molar refractivity (Wildman–Crippen MR) is 147 cm³/mol. The highest BCUT2D eigenvalue weighted by Gasteiger charge is 2.47. The van der Waals surface area contributed by atoms with Gasteiger partial charge >= 0.3 is 11.9 Å². The number of hydrogen-bond acceptors (Lipinski definition) is 5. The Balaban J connectivity index is 1.57. The van der Waals surface area contributed by atoms with Crippen molar-refractivity contribution in [1.29, 1.82) is 0 Å². The average molecular weight is 538 g/mol. The molecule has 39 heavy (non-hydrogen) atoms. The minimum absolute atomic E-state index is 0.133. The normalized spacial score (nSPS) is 16.1. The average Bonchev–Trinajstić information content (AvgIpc) is 3.54. The Bertz CT molecular complexity index is 1770. The lowest BCUT2D eigenvalue weighted by Gasteiger charge is -2.35. The number of carbonyl (C=O) groups excluding carboxylic acids is 1. The number of hydrogen-bond donors (Lipinski definition) is 2. The molecule has 3 aromatic carbocycles. The number of rotatable bonds is 7. The number of nitrogens with zero attached hydrogens (tertiary/aromatic N) is 1. The number of aromatic nitrogens is 1. The summed E-state index contributed by atoms with van der Waals surface area (Å²) >= 11 is 1.02. The van der Waals surface area contributed by atoms with Crippen LogP contribution in [0.2, 0.25) is 0 Å². The third-order valence-corrected chi connectivity index (χ3v) is 8.47. The van der Waals surface area contributed by atoms with Gasteiger partial charge < -0.3 is 19.5 Å². The molecule has 0 fully saturated rings. The fourth-order valence-corrected chi connectivity index (χ4v) is 6.63. The van der Waals surface area contributed by atoms with Gasteiger partial charge in [-0.3, -0.25) is 4.79 Å². The monoisotopic (exact) mass is 537 g/mol. The van der Waals surface area contributed by atoms with E-state index in [0.717, 1.165) is 38.9 Å². The van der Waals surface area contributed by atoms with Crippen LogP contribution in [0.25, 0.3) is 10.9 Å². The molecule has 2 heterocycles. The van der Waals surface area contributed by atoms with E-state index in [4.69, 9.17) is 9.84 Å². The van der Waals surface area contributed by atoms with Gasteiger partial charge in [-0.05, 0) is 47.9 Å². The zero-order chi connectivity index (χ0) is 27.3. The van der Waals surface area contributed by atoms with Gasteiger partial charge in [-0.2, -0.15) is 0 Å². The van der Waals surface area contributed by atoms with Crippen LogP contribution < -0.4 is 4.74 Å². The minimum atomic E-state index is -1.06. The van der Waals surface area contributed by atoms with Gasteiger partial charge in [0, 0.05) is 28.4 Å². The number of benzene rings is 3. The Morgan fingerprint density at radius 1 is 0.949 bits per heavy atom. The first-order chi connectivity index (χ1) is 18.8. The summed E-state index contributed by atoms with van der Waals surface area (Å²) in [5, 5.41) is 19.6. The highest BCUT2D eigenvalue weighted by Crippen LogP contribution is 2.52. The van der Waals surface area contributed by atoms with E-state index in [1.807, 2.05) is 71.3 Å². The lowest BCUT2D eigenvalue weighted by molar-refractivity contribution is -0.139. The molecule has 1 aliphatic carbocycles. The van der Waals surface area contributed by atoms with Gasteiger partial charge in [-0.15, -0.1) is 11.3 Å². The number of ketones is 1. The molecule has 7 nitrogen and oxygen atoms in total. The van der Waals surface area contributed by atoms with Crippen LogP contribution in [0.4, 0.5) is 0 Å². The molecular formula is C31H23NO6S. The van der Waals surface area contributed by atoms with Gasteiger partial charge in [0.2, 0.25) is 5.78 Å². The SMILES string of the molecule is CC1(c2ccccc2)c2cc(C(=O)O)sc2C(=O)c2c1c1ccccc1n2Cc1ccc(OCC(=O)O)cc1. The van der Waals surface area contributed by atoms with E-state index in [9.17, 15) is 19.5 Å². The molecule has 0 saturated heterocycles. The number of aliphatic carboxylic acids is 1. The van der Waals surface area contributed by atoms with Gasteiger partial charge in [-0.1, -0.05) is 60.7 Å². The number of thiophene rings is 1. The first-order valence-electron chi connectivity index (χ1n) is 12.3. The van der Waals surface area contributed by atoms with Crippen molar-refractivity contribution in [2.24, 2.45) is 0 Å². The summed E-state index contributed by atoms with van der Waals surface area (Å²) in [7, 11) is 0. The Labute approximate surface area is 227 Å². The molecule has 8 heteroatoms. The second kappa shape index (κ2) is 9.25. The number of fused-ring (bicyclic) bond motifs is 4. The van der Waals surface area contributed by atoms with Crippen molar-refractivity contribution in [1.82, 2.24) is 4.57 Å². The first kappa shape index (κ1) is 24.6. The summed E-state index contributed by atoms with van der Waals surface area (Å²) in [6.45, 7) is 2.03. The number of carbonyl (C=O) groups is 3. The lowest BCUT2D eigenvalue weighted by atomic mass is 9.66. The smallest absolute Gasteiger partial charge is 0.345 e. The van der Waals surface area contributed by atoms with Crippen molar-refractivity contribution in [2.45, 2.75) is 18.9 Å². The van der Waals surface area contributed by atoms with Gasteiger partial charge in [0.1, 0.15) is 10.6 Å². The molecule has 194 valence electrons. The molecule has 0 radical (unpaired) electrons. The van der Waals surface area contributed by atoms with Crippen LogP contribution in [0.3, 0.4) is 0 Å². The van der Waals surface area contributed by atoms with Crippen molar-refractivity contribution in [3.63, 3.8) is 0 Å². The molecule has 6 rings (SSSR count). The third-order valence-electron chi connectivity index (χ3n) is 7.35. The van der Waals surface area contributed by atoms with Crippen LogP contribution in [-0.2, 0) is 16.8 Å².